The van der Waals surface area contributed by atoms with Crippen molar-refractivity contribution in [3.63, 3.8) is 0 Å². The molecular weight excluding hydrogens is 430 g/mol. The summed E-state index contributed by atoms with van der Waals surface area (Å²) >= 11 is 0. The molecule has 34 heavy (non-hydrogen) atoms. The Morgan fingerprint density at radius 2 is 1.82 bits per heavy atom. The molecule has 3 heterocycles. The highest BCUT2D eigenvalue weighted by Gasteiger charge is 2.33. The topological polar surface area (TPSA) is 75.0 Å². The van der Waals surface area contributed by atoms with Crippen LogP contribution in [0.15, 0.2) is 48.5 Å². The fourth-order valence-electron chi connectivity index (χ4n) is 5.16. The number of benzene rings is 2. The zero-order valence-electron chi connectivity index (χ0n) is 19.4. The smallest absolute Gasteiger partial charge is 0.410 e. The second-order valence-corrected chi connectivity index (χ2v) is 9.47. The molecule has 0 spiro atoms. The van der Waals surface area contributed by atoms with Gasteiger partial charge in [0.25, 0.3) is 0 Å². The van der Waals surface area contributed by atoms with Gasteiger partial charge < -0.3 is 19.1 Å². The molecule has 1 amide bonds. The minimum absolute atomic E-state index is 0.0314. The van der Waals surface area contributed by atoms with E-state index < -0.39 is 0 Å². The molecule has 0 bridgehead atoms. The van der Waals surface area contributed by atoms with Gasteiger partial charge in [0.2, 0.25) is 0 Å². The summed E-state index contributed by atoms with van der Waals surface area (Å²) in [5.74, 6) is 1.98. The minimum atomic E-state index is -0.173. The van der Waals surface area contributed by atoms with Gasteiger partial charge in [-0.25, -0.2) is 4.79 Å². The van der Waals surface area contributed by atoms with Gasteiger partial charge in [-0.1, -0.05) is 30.3 Å². The van der Waals surface area contributed by atoms with Crippen molar-refractivity contribution in [2.24, 2.45) is 5.92 Å². The number of ether oxygens (including phenoxy) is 3. The van der Waals surface area contributed by atoms with E-state index in [2.05, 4.69) is 23.1 Å². The first-order chi connectivity index (χ1) is 16.7. The summed E-state index contributed by atoms with van der Waals surface area (Å²) in [6, 6.07) is 17.9. The number of rotatable bonds is 7. The summed E-state index contributed by atoms with van der Waals surface area (Å²) in [7, 11) is 0. The summed E-state index contributed by atoms with van der Waals surface area (Å²) in [6.07, 6.45) is 3.89. The van der Waals surface area contributed by atoms with E-state index in [9.17, 15) is 4.79 Å². The highest BCUT2D eigenvalue weighted by molar-refractivity contribution is 5.70. The van der Waals surface area contributed by atoms with Crippen LogP contribution in [0.4, 0.5) is 4.79 Å². The van der Waals surface area contributed by atoms with Crippen LogP contribution in [0.1, 0.15) is 30.4 Å². The van der Waals surface area contributed by atoms with Crippen molar-refractivity contribution >= 4 is 6.09 Å². The third-order valence-electron chi connectivity index (χ3n) is 7.13. The Labute approximate surface area is 200 Å². The lowest BCUT2D eigenvalue weighted by Gasteiger charge is -2.36. The van der Waals surface area contributed by atoms with E-state index in [-0.39, 0.29) is 18.2 Å². The zero-order valence-corrected chi connectivity index (χ0v) is 19.4. The van der Waals surface area contributed by atoms with Crippen molar-refractivity contribution in [3.8, 4) is 17.6 Å². The molecule has 7 nitrogen and oxygen atoms in total. The number of likely N-dealkylation sites (tertiary alicyclic amines) is 1. The number of carbonyl (C=O) groups excluding carboxylic acids is 1. The maximum atomic E-state index is 12.3. The number of amides is 1. The molecule has 2 aromatic carbocycles. The van der Waals surface area contributed by atoms with Gasteiger partial charge in [0.15, 0.2) is 11.5 Å². The Bertz CT molecular complexity index is 1030. The molecule has 0 aromatic heterocycles. The quantitative estimate of drug-likeness (QED) is 0.623. The molecule has 3 aliphatic heterocycles. The Morgan fingerprint density at radius 1 is 1.00 bits per heavy atom. The van der Waals surface area contributed by atoms with Crippen molar-refractivity contribution in [1.29, 1.82) is 5.26 Å². The number of nitriles is 1. The minimum Gasteiger partial charge on any atom is -0.486 e. The molecule has 0 N–H and O–H groups in total. The van der Waals surface area contributed by atoms with Crippen LogP contribution in [0, 0.1) is 17.2 Å². The number of fused-ring (bicyclic) bond motifs is 1. The van der Waals surface area contributed by atoms with Crippen LogP contribution in [0.3, 0.4) is 0 Å². The average Bonchev–Trinajstić information content (AvgIpc) is 3.22. The monoisotopic (exact) mass is 461 g/mol. The van der Waals surface area contributed by atoms with Crippen LogP contribution >= 0.6 is 0 Å². The predicted molar refractivity (Wildman–Crippen MR) is 127 cm³/mol. The summed E-state index contributed by atoms with van der Waals surface area (Å²) in [5, 5.41) is 9.12. The lowest BCUT2D eigenvalue weighted by Crippen LogP contribution is -2.44. The number of nitrogens with zero attached hydrogens (tertiary/aromatic N) is 3. The molecule has 7 heteroatoms. The fraction of sp³-hybridized carbons (Fsp3) is 0.481. The van der Waals surface area contributed by atoms with Crippen LogP contribution < -0.4 is 9.47 Å². The molecule has 2 unspecified atom stereocenters. The molecule has 2 saturated heterocycles. The molecule has 3 aliphatic rings. The van der Waals surface area contributed by atoms with Crippen molar-refractivity contribution in [2.45, 2.75) is 37.8 Å². The first-order valence-electron chi connectivity index (χ1n) is 12.2. The average molecular weight is 462 g/mol. The molecule has 0 radical (unpaired) electrons. The fourth-order valence-corrected chi connectivity index (χ4v) is 5.16. The summed E-state index contributed by atoms with van der Waals surface area (Å²) in [5.41, 5.74) is 1.82. The second-order valence-electron chi connectivity index (χ2n) is 9.47. The summed E-state index contributed by atoms with van der Waals surface area (Å²) < 4.78 is 17.3. The first-order valence-corrected chi connectivity index (χ1v) is 12.2. The molecule has 178 valence electrons. The summed E-state index contributed by atoms with van der Waals surface area (Å²) in [4.78, 5) is 16.7. The van der Waals surface area contributed by atoms with Crippen molar-refractivity contribution < 1.29 is 19.0 Å². The number of hydrogen-bond acceptors (Lipinski definition) is 6. The van der Waals surface area contributed by atoms with Gasteiger partial charge in [0.05, 0.1) is 17.7 Å². The molecule has 0 saturated carbocycles. The molecule has 2 fully saturated rings. The highest BCUT2D eigenvalue weighted by Crippen LogP contribution is 2.33. The van der Waals surface area contributed by atoms with Gasteiger partial charge in [-0.15, -0.1) is 0 Å². The highest BCUT2D eigenvalue weighted by atomic mass is 16.6. The van der Waals surface area contributed by atoms with E-state index >= 15 is 0 Å². The van der Waals surface area contributed by atoms with E-state index in [1.165, 1.54) is 5.56 Å². The van der Waals surface area contributed by atoms with E-state index in [4.69, 9.17) is 19.5 Å². The van der Waals surface area contributed by atoms with Gasteiger partial charge >= 0.3 is 6.09 Å². The maximum Gasteiger partial charge on any atom is 0.410 e. The predicted octanol–water partition coefficient (Wildman–Crippen LogP) is 3.86. The first kappa shape index (κ1) is 22.5. The SMILES string of the molecule is N#Cc1ccc2c(c1)OC(CN1CCC(CCN3C(=O)OCC3Cc3ccccc3)CC1)CO2. The molecule has 2 atom stereocenters. The molecule has 5 rings (SSSR count). The van der Waals surface area contributed by atoms with Gasteiger partial charge in [0.1, 0.15) is 19.3 Å². The van der Waals surface area contributed by atoms with Crippen molar-refractivity contribution in [1.82, 2.24) is 9.80 Å². The Morgan fingerprint density at radius 3 is 2.62 bits per heavy atom. The van der Waals surface area contributed by atoms with E-state index in [0.717, 1.165) is 51.9 Å². The normalized spacial score (nSPS) is 22.9. The number of carbonyl (C=O) groups is 1. The third-order valence-corrected chi connectivity index (χ3v) is 7.13. The zero-order chi connectivity index (χ0) is 23.3. The van der Waals surface area contributed by atoms with Crippen LogP contribution in [0.5, 0.6) is 11.5 Å². The summed E-state index contributed by atoms with van der Waals surface area (Å²) in [6.45, 7) is 4.63. The number of hydrogen-bond donors (Lipinski definition) is 0. The lowest BCUT2D eigenvalue weighted by atomic mass is 9.93. The Hall–Kier alpha value is -3.24. The maximum absolute atomic E-state index is 12.3. The van der Waals surface area contributed by atoms with Crippen LogP contribution in [-0.4, -0.2) is 67.4 Å². The Balaban J connectivity index is 1.06. The van der Waals surface area contributed by atoms with Crippen LogP contribution in [0.25, 0.3) is 0 Å². The number of cyclic esters (lactones) is 1. The van der Waals surface area contributed by atoms with Gasteiger partial charge in [-0.2, -0.15) is 5.26 Å². The molecular formula is C27H31N3O4. The van der Waals surface area contributed by atoms with E-state index in [1.54, 1.807) is 18.2 Å². The third kappa shape index (κ3) is 5.28. The second kappa shape index (κ2) is 10.4. The van der Waals surface area contributed by atoms with Crippen molar-refractivity contribution in [2.75, 3.05) is 39.4 Å². The van der Waals surface area contributed by atoms with Gasteiger partial charge in [-0.05, 0) is 62.4 Å². The number of piperidine rings is 1. The molecule has 0 aliphatic carbocycles. The van der Waals surface area contributed by atoms with Gasteiger partial charge in [-0.3, -0.25) is 4.90 Å². The lowest BCUT2D eigenvalue weighted by molar-refractivity contribution is 0.0465. The largest absolute Gasteiger partial charge is 0.486 e. The van der Waals surface area contributed by atoms with Crippen molar-refractivity contribution in [3.05, 3.63) is 59.7 Å². The van der Waals surface area contributed by atoms with Crippen LogP contribution in [-0.2, 0) is 11.2 Å². The van der Waals surface area contributed by atoms with Gasteiger partial charge in [0, 0.05) is 19.2 Å². The Kier molecular flexibility index (Phi) is 6.87. The standard InChI is InChI=1S/C27H31N3O4/c28-16-22-6-7-25-26(15-22)34-24(19-32-25)17-29-11-8-20(9-12-29)10-13-30-23(18-33-27(30)31)14-21-4-2-1-3-5-21/h1-7,15,20,23-24H,8-14,17-19H2. The molecule has 2 aromatic rings. The van der Waals surface area contributed by atoms with E-state index in [0.29, 0.717) is 36.2 Å². The van der Waals surface area contributed by atoms with E-state index in [1.807, 2.05) is 23.1 Å². The van der Waals surface area contributed by atoms with Crippen LogP contribution in [0.2, 0.25) is 0 Å².